The number of hydroxylamine groups is 2. The molecule has 1 heterocycles. The van der Waals surface area contributed by atoms with Crippen LogP contribution in [0.25, 0.3) is 0 Å². The van der Waals surface area contributed by atoms with Gasteiger partial charge in [-0.2, -0.15) is 5.06 Å². The van der Waals surface area contributed by atoms with Gasteiger partial charge in [-0.25, -0.2) is 14.4 Å². The number of carbonyl (C=O) groups excluding carboxylic acids is 3. The minimum Gasteiger partial charge on any atom is -0.464 e. The number of carbonyl (C=O) groups is 3. The fraction of sp³-hybridized carbons (Fsp3) is 0.640. The van der Waals surface area contributed by atoms with Gasteiger partial charge in [-0.15, -0.1) is 0 Å². The van der Waals surface area contributed by atoms with Crippen LogP contribution in [0.1, 0.15) is 66.9 Å². The first-order valence-electron chi connectivity index (χ1n) is 11.7. The number of esters is 1. The highest BCUT2D eigenvalue weighted by Gasteiger charge is 2.43. The normalized spacial score (nSPS) is 18.7. The molecule has 1 aliphatic rings. The van der Waals surface area contributed by atoms with Crippen LogP contribution < -0.4 is 0 Å². The Balaban J connectivity index is 2.28. The number of ether oxygens (including phenoxy) is 3. The SMILES string of the molecule is CCOC(=O)[C@@H]1CC[C@@H](N(OCc2ccccc2)C(=O)OC(C)(C)C)CN1C(=O)OC(C)(C)C. The summed E-state index contributed by atoms with van der Waals surface area (Å²) in [4.78, 5) is 45.9. The van der Waals surface area contributed by atoms with Crippen molar-refractivity contribution in [1.82, 2.24) is 9.96 Å². The molecule has 34 heavy (non-hydrogen) atoms. The summed E-state index contributed by atoms with van der Waals surface area (Å²) in [5.74, 6) is -0.499. The quantitative estimate of drug-likeness (QED) is 0.333. The van der Waals surface area contributed by atoms with Crippen LogP contribution in [-0.2, 0) is 30.4 Å². The first kappa shape index (κ1) is 27.4. The maximum Gasteiger partial charge on any atom is 0.434 e. The number of benzene rings is 1. The van der Waals surface area contributed by atoms with Gasteiger partial charge in [0.25, 0.3) is 0 Å². The topological polar surface area (TPSA) is 94.6 Å². The lowest BCUT2D eigenvalue weighted by Gasteiger charge is -2.42. The molecule has 0 unspecified atom stereocenters. The van der Waals surface area contributed by atoms with Crippen molar-refractivity contribution in [3.63, 3.8) is 0 Å². The molecule has 1 aromatic rings. The molecule has 1 aliphatic heterocycles. The van der Waals surface area contributed by atoms with Crippen molar-refractivity contribution in [2.24, 2.45) is 0 Å². The van der Waals surface area contributed by atoms with Gasteiger partial charge in [-0.1, -0.05) is 30.3 Å². The van der Waals surface area contributed by atoms with Crippen molar-refractivity contribution in [1.29, 1.82) is 0 Å². The average Bonchev–Trinajstić information content (AvgIpc) is 2.72. The number of likely N-dealkylation sites (tertiary alicyclic amines) is 1. The molecule has 1 saturated heterocycles. The Morgan fingerprint density at radius 3 is 2.15 bits per heavy atom. The molecular weight excluding hydrogens is 440 g/mol. The van der Waals surface area contributed by atoms with Crippen LogP contribution in [0.4, 0.5) is 9.59 Å². The molecule has 0 bridgehead atoms. The van der Waals surface area contributed by atoms with E-state index < -0.39 is 41.4 Å². The van der Waals surface area contributed by atoms with Crippen LogP contribution in [-0.4, -0.2) is 64.6 Å². The number of piperidine rings is 1. The van der Waals surface area contributed by atoms with Gasteiger partial charge in [0.05, 0.1) is 12.6 Å². The molecule has 190 valence electrons. The third-order valence-corrected chi connectivity index (χ3v) is 4.86. The van der Waals surface area contributed by atoms with E-state index in [-0.39, 0.29) is 26.2 Å². The second kappa shape index (κ2) is 11.6. The van der Waals surface area contributed by atoms with Gasteiger partial charge in [0.1, 0.15) is 23.9 Å². The molecule has 1 aromatic carbocycles. The zero-order chi connectivity index (χ0) is 25.5. The summed E-state index contributed by atoms with van der Waals surface area (Å²) in [6.07, 6.45) is -0.609. The highest BCUT2D eigenvalue weighted by molar-refractivity contribution is 5.82. The third-order valence-electron chi connectivity index (χ3n) is 4.86. The molecule has 9 nitrogen and oxygen atoms in total. The van der Waals surface area contributed by atoms with Gasteiger partial charge in [-0.3, -0.25) is 9.74 Å². The molecule has 2 atom stereocenters. The van der Waals surface area contributed by atoms with Crippen molar-refractivity contribution in [2.75, 3.05) is 13.2 Å². The minimum absolute atomic E-state index is 0.0342. The summed E-state index contributed by atoms with van der Waals surface area (Å²) in [5, 5.41) is 1.18. The Labute approximate surface area is 202 Å². The fourth-order valence-corrected chi connectivity index (χ4v) is 3.48. The van der Waals surface area contributed by atoms with Gasteiger partial charge in [0, 0.05) is 6.54 Å². The maximum absolute atomic E-state index is 13.1. The van der Waals surface area contributed by atoms with Crippen LogP contribution in [0.15, 0.2) is 30.3 Å². The van der Waals surface area contributed by atoms with E-state index >= 15 is 0 Å². The van der Waals surface area contributed by atoms with E-state index in [4.69, 9.17) is 19.0 Å². The minimum atomic E-state index is -0.805. The van der Waals surface area contributed by atoms with E-state index in [2.05, 4.69) is 0 Å². The molecule has 0 aliphatic carbocycles. The van der Waals surface area contributed by atoms with Crippen LogP contribution in [0.5, 0.6) is 0 Å². The van der Waals surface area contributed by atoms with Gasteiger partial charge < -0.3 is 14.2 Å². The van der Waals surface area contributed by atoms with E-state index in [1.807, 2.05) is 30.3 Å². The Morgan fingerprint density at radius 1 is 0.971 bits per heavy atom. The van der Waals surface area contributed by atoms with Crippen LogP contribution in [0.2, 0.25) is 0 Å². The lowest BCUT2D eigenvalue weighted by molar-refractivity contribution is -0.191. The molecule has 0 saturated carbocycles. The summed E-state index contributed by atoms with van der Waals surface area (Å²) < 4.78 is 16.3. The predicted molar refractivity (Wildman–Crippen MR) is 126 cm³/mol. The summed E-state index contributed by atoms with van der Waals surface area (Å²) in [5.41, 5.74) is -0.615. The average molecular weight is 479 g/mol. The van der Waals surface area contributed by atoms with Crippen LogP contribution in [0.3, 0.4) is 0 Å². The first-order valence-corrected chi connectivity index (χ1v) is 11.7. The maximum atomic E-state index is 13.1. The number of hydrogen-bond acceptors (Lipinski definition) is 7. The number of amides is 2. The van der Waals surface area contributed by atoms with Gasteiger partial charge in [0.2, 0.25) is 0 Å². The Hall–Kier alpha value is -2.81. The number of rotatable bonds is 6. The Morgan fingerprint density at radius 2 is 1.59 bits per heavy atom. The summed E-state index contributed by atoms with van der Waals surface area (Å²) in [6.45, 7) is 12.6. The van der Waals surface area contributed by atoms with Crippen molar-refractivity contribution >= 4 is 18.2 Å². The fourth-order valence-electron chi connectivity index (χ4n) is 3.48. The lowest BCUT2D eigenvalue weighted by atomic mass is 9.98. The number of hydrogen-bond donors (Lipinski definition) is 0. The Kier molecular flexibility index (Phi) is 9.32. The smallest absolute Gasteiger partial charge is 0.434 e. The molecule has 0 spiro atoms. The van der Waals surface area contributed by atoms with E-state index in [0.29, 0.717) is 6.42 Å². The van der Waals surface area contributed by atoms with Gasteiger partial charge in [0.15, 0.2) is 0 Å². The third kappa shape index (κ3) is 8.52. The molecular formula is C25H38N2O7. The molecule has 9 heteroatoms. The second-order valence-electron chi connectivity index (χ2n) is 10.2. The largest absolute Gasteiger partial charge is 0.464 e. The van der Waals surface area contributed by atoms with Crippen molar-refractivity contribution in [3.8, 4) is 0 Å². The summed E-state index contributed by atoms with van der Waals surface area (Å²) in [7, 11) is 0. The Bertz CT molecular complexity index is 830. The first-order chi connectivity index (χ1) is 15.8. The highest BCUT2D eigenvalue weighted by Crippen LogP contribution is 2.26. The molecule has 2 amide bonds. The van der Waals surface area contributed by atoms with Crippen molar-refractivity contribution < 1.29 is 33.4 Å². The highest BCUT2D eigenvalue weighted by atomic mass is 16.7. The molecule has 0 aromatic heterocycles. The summed E-state index contributed by atoms with van der Waals surface area (Å²) >= 11 is 0. The number of nitrogens with zero attached hydrogens (tertiary/aromatic N) is 2. The van der Waals surface area contributed by atoms with Crippen LogP contribution >= 0.6 is 0 Å². The molecule has 1 fully saturated rings. The van der Waals surface area contributed by atoms with E-state index in [1.165, 1.54) is 9.96 Å². The van der Waals surface area contributed by atoms with E-state index in [0.717, 1.165) is 5.56 Å². The predicted octanol–water partition coefficient (Wildman–Crippen LogP) is 4.69. The van der Waals surface area contributed by atoms with E-state index in [9.17, 15) is 14.4 Å². The van der Waals surface area contributed by atoms with E-state index in [1.54, 1.807) is 48.5 Å². The molecule has 2 rings (SSSR count). The lowest BCUT2D eigenvalue weighted by Crippen LogP contribution is -2.58. The standard InChI is InChI=1S/C25H38N2O7/c1-8-31-21(28)20-15-14-19(16-26(20)22(29)33-24(2,3)4)27(23(30)34-25(5,6)7)32-17-18-12-10-9-11-13-18/h9-13,19-20H,8,14-17H2,1-7H3/t19-,20+/m1/s1. The summed E-state index contributed by atoms with van der Waals surface area (Å²) in [6, 6.07) is 8.08. The zero-order valence-electron chi connectivity index (χ0n) is 21.3. The van der Waals surface area contributed by atoms with Gasteiger partial charge >= 0.3 is 18.2 Å². The van der Waals surface area contributed by atoms with Crippen molar-refractivity contribution in [2.45, 2.75) is 91.2 Å². The molecule has 0 N–H and O–H groups in total. The second-order valence-corrected chi connectivity index (χ2v) is 10.2. The van der Waals surface area contributed by atoms with Gasteiger partial charge in [-0.05, 0) is 66.9 Å². The van der Waals surface area contributed by atoms with Crippen LogP contribution in [0, 0.1) is 0 Å². The van der Waals surface area contributed by atoms with Crippen molar-refractivity contribution in [3.05, 3.63) is 35.9 Å². The zero-order valence-corrected chi connectivity index (χ0v) is 21.3. The molecule has 0 radical (unpaired) electrons. The monoisotopic (exact) mass is 478 g/mol.